The molecule has 0 saturated carbocycles. The van der Waals surface area contributed by atoms with E-state index in [2.05, 4.69) is 6.92 Å². The molecule has 0 N–H and O–H groups in total. The summed E-state index contributed by atoms with van der Waals surface area (Å²) in [5, 5.41) is 0. The van der Waals surface area contributed by atoms with E-state index in [1.54, 1.807) is 6.08 Å². The van der Waals surface area contributed by atoms with Crippen LogP contribution in [0, 0.1) is 0 Å². The summed E-state index contributed by atoms with van der Waals surface area (Å²) in [6, 6.07) is 0. The fraction of sp³-hybridized carbons (Fsp3) is 0.880. The zero-order valence-electron chi connectivity index (χ0n) is 18.9. The number of amides is 1. The molecule has 0 aromatic rings. The molecule has 0 aromatic carbocycles. The molecule has 0 radical (unpaired) electrons. The Morgan fingerprint density at radius 2 is 1.25 bits per heavy atom. The van der Waals surface area contributed by atoms with Gasteiger partial charge < -0.3 is 9.64 Å². The van der Waals surface area contributed by atoms with Crippen molar-refractivity contribution in [3.8, 4) is 0 Å². The van der Waals surface area contributed by atoms with Gasteiger partial charge in [-0.05, 0) is 19.4 Å². The summed E-state index contributed by atoms with van der Waals surface area (Å²) in [5.74, 6) is 0.138. The van der Waals surface area contributed by atoms with Gasteiger partial charge in [-0.1, -0.05) is 109 Å². The molecule has 164 valence electrons. The molecule has 0 aromatic heterocycles. The van der Waals surface area contributed by atoms with Gasteiger partial charge >= 0.3 is 0 Å². The van der Waals surface area contributed by atoms with Gasteiger partial charge in [0.2, 0.25) is 5.91 Å². The fourth-order valence-corrected chi connectivity index (χ4v) is 3.81. The minimum atomic E-state index is 0.138. The summed E-state index contributed by atoms with van der Waals surface area (Å²) in [6.07, 6.45) is 25.9. The first-order valence-corrected chi connectivity index (χ1v) is 12.3. The number of unbranched alkanes of at least 4 members (excludes halogenated alkanes) is 15. The number of epoxide rings is 1. The molecular formula is C25H47NO2. The molecule has 3 heteroatoms. The first-order valence-electron chi connectivity index (χ1n) is 12.3. The summed E-state index contributed by atoms with van der Waals surface area (Å²) >= 11 is 0. The van der Waals surface area contributed by atoms with E-state index in [1.165, 1.54) is 96.3 Å². The summed E-state index contributed by atoms with van der Waals surface area (Å²) in [6.45, 7) is 6.65. The van der Waals surface area contributed by atoms with Crippen LogP contribution in [-0.4, -0.2) is 36.6 Å². The predicted molar refractivity (Wildman–Crippen MR) is 121 cm³/mol. The van der Waals surface area contributed by atoms with E-state index in [0.29, 0.717) is 0 Å². The topological polar surface area (TPSA) is 32.8 Å². The lowest BCUT2D eigenvalue weighted by Gasteiger charge is -2.20. The van der Waals surface area contributed by atoms with Crippen LogP contribution in [0.2, 0.25) is 0 Å². The molecule has 1 aliphatic rings. The molecule has 1 aliphatic heterocycles. The zero-order valence-corrected chi connectivity index (χ0v) is 18.9. The molecule has 1 atom stereocenters. The molecule has 1 amide bonds. The van der Waals surface area contributed by atoms with Crippen molar-refractivity contribution in [1.29, 1.82) is 0 Å². The number of rotatable bonds is 20. The fourth-order valence-electron chi connectivity index (χ4n) is 3.81. The molecule has 28 heavy (non-hydrogen) atoms. The third-order valence-corrected chi connectivity index (χ3v) is 5.73. The minimum Gasteiger partial charge on any atom is -0.371 e. The van der Waals surface area contributed by atoms with Gasteiger partial charge in [0.15, 0.2) is 0 Å². The number of nitrogens with zero attached hydrogens (tertiary/aromatic N) is 1. The van der Waals surface area contributed by atoms with Crippen LogP contribution in [0.5, 0.6) is 0 Å². The summed E-state index contributed by atoms with van der Waals surface area (Å²) < 4.78 is 5.28. The van der Waals surface area contributed by atoms with Crippen LogP contribution in [-0.2, 0) is 9.53 Å². The van der Waals surface area contributed by atoms with Crippen LogP contribution < -0.4 is 0 Å². The highest BCUT2D eigenvalue weighted by Gasteiger charge is 2.26. The zero-order chi connectivity index (χ0) is 20.3. The summed E-state index contributed by atoms with van der Waals surface area (Å²) in [7, 11) is 0. The molecule has 0 spiro atoms. The third-order valence-electron chi connectivity index (χ3n) is 5.73. The molecular weight excluding hydrogens is 346 g/mol. The second-order valence-electron chi connectivity index (χ2n) is 8.54. The van der Waals surface area contributed by atoms with Gasteiger partial charge in [-0.2, -0.15) is 0 Å². The Kier molecular flexibility index (Phi) is 16.4. The first-order chi connectivity index (χ1) is 13.8. The van der Waals surface area contributed by atoms with Crippen molar-refractivity contribution in [3.05, 3.63) is 12.2 Å². The van der Waals surface area contributed by atoms with Crippen LogP contribution in [0.15, 0.2) is 12.2 Å². The first kappa shape index (κ1) is 25.2. The molecule has 1 heterocycles. The third kappa shape index (κ3) is 15.1. The van der Waals surface area contributed by atoms with Gasteiger partial charge in [-0.3, -0.25) is 4.79 Å². The SMILES string of the molecule is CC=CC(=O)N(CCCCCCCCCCCCCCCCCC)CC1CO1. The molecule has 3 nitrogen and oxygen atoms in total. The van der Waals surface area contributed by atoms with Crippen molar-refractivity contribution in [2.45, 2.75) is 123 Å². The van der Waals surface area contributed by atoms with Crippen LogP contribution in [0.4, 0.5) is 0 Å². The van der Waals surface area contributed by atoms with E-state index in [1.807, 2.05) is 17.9 Å². The lowest BCUT2D eigenvalue weighted by molar-refractivity contribution is -0.126. The Morgan fingerprint density at radius 3 is 1.64 bits per heavy atom. The highest BCUT2D eigenvalue weighted by atomic mass is 16.6. The lowest BCUT2D eigenvalue weighted by Crippen LogP contribution is -2.34. The number of carbonyl (C=O) groups is 1. The molecule has 1 fully saturated rings. The maximum absolute atomic E-state index is 12.1. The van der Waals surface area contributed by atoms with Crippen molar-refractivity contribution >= 4 is 5.91 Å². The Hall–Kier alpha value is -0.830. The molecule has 1 saturated heterocycles. The maximum Gasteiger partial charge on any atom is 0.246 e. The number of carbonyl (C=O) groups excluding carboxylic acids is 1. The van der Waals surface area contributed by atoms with Crippen molar-refractivity contribution in [1.82, 2.24) is 4.90 Å². The Morgan fingerprint density at radius 1 is 0.821 bits per heavy atom. The Balaban J connectivity index is 1.83. The molecule has 1 rings (SSSR count). The Labute approximate surface area is 175 Å². The van der Waals surface area contributed by atoms with E-state index in [0.717, 1.165) is 26.1 Å². The molecule has 0 bridgehead atoms. The van der Waals surface area contributed by atoms with Gasteiger partial charge in [0, 0.05) is 13.1 Å². The second-order valence-corrected chi connectivity index (χ2v) is 8.54. The summed E-state index contributed by atoms with van der Waals surface area (Å²) in [4.78, 5) is 14.0. The van der Waals surface area contributed by atoms with Crippen molar-refractivity contribution < 1.29 is 9.53 Å². The van der Waals surface area contributed by atoms with Crippen molar-refractivity contribution in [2.24, 2.45) is 0 Å². The average Bonchev–Trinajstić information content (AvgIpc) is 3.51. The number of allylic oxidation sites excluding steroid dienone is 1. The van der Waals surface area contributed by atoms with Gasteiger partial charge in [-0.15, -0.1) is 0 Å². The smallest absolute Gasteiger partial charge is 0.246 e. The maximum atomic E-state index is 12.1. The van der Waals surface area contributed by atoms with Crippen molar-refractivity contribution in [3.63, 3.8) is 0 Å². The van der Waals surface area contributed by atoms with Crippen LogP contribution in [0.3, 0.4) is 0 Å². The lowest BCUT2D eigenvalue weighted by atomic mass is 10.0. The van der Waals surface area contributed by atoms with Gasteiger partial charge in [0.05, 0.1) is 12.7 Å². The van der Waals surface area contributed by atoms with Gasteiger partial charge in [0.1, 0.15) is 0 Å². The van der Waals surface area contributed by atoms with E-state index < -0.39 is 0 Å². The van der Waals surface area contributed by atoms with E-state index >= 15 is 0 Å². The highest BCUT2D eigenvalue weighted by Crippen LogP contribution is 2.15. The minimum absolute atomic E-state index is 0.138. The van der Waals surface area contributed by atoms with E-state index in [9.17, 15) is 4.79 Å². The molecule has 0 aliphatic carbocycles. The quantitative estimate of drug-likeness (QED) is 0.126. The number of hydrogen-bond donors (Lipinski definition) is 0. The largest absolute Gasteiger partial charge is 0.371 e. The predicted octanol–water partition coefficient (Wildman–Crippen LogP) is 7.05. The number of ether oxygens (including phenoxy) is 1. The normalized spacial score (nSPS) is 16.0. The van der Waals surface area contributed by atoms with Crippen LogP contribution in [0.25, 0.3) is 0 Å². The van der Waals surface area contributed by atoms with Crippen LogP contribution in [0.1, 0.15) is 117 Å². The van der Waals surface area contributed by atoms with E-state index in [4.69, 9.17) is 4.74 Å². The monoisotopic (exact) mass is 393 g/mol. The highest BCUT2D eigenvalue weighted by molar-refractivity contribution is 5.87. The standard InChI is InChI=1S/C25H47NO2/c1-3-5-6-7-8-9-10-11-12-13-14-15-16-17-18-19-21-26(22-24-23-28-24)25(27)20-4-2/h4,20,24H,3,5-19,21-23H2,1-2H3. The second kappa shape index (κ2) is 18.2. The van der Waals surface area contributed by atoms with Gasteiger partial charge in [-0.25, -0.2) is 0 Å². The summed E-state index contributed by atoms with van der Waals surface area (Å²) in [5.41, 5.74) is 0. The molecule has 1 unspecified atom stereocenters. The number of hydrogen-bond acceptors (Lipinski definition) is 2. The Bertz CT molecular complexity index is 390. The van der Waals surface area contributed by atoms with Gasteiger partial charge in [0.25, 0.3) is 0 Å². The van der Waals surface area contributed by atoms with Crippen molar-refractivity contribution in [2.75, 3.05) is 19.7 Å². The van der Waals surface area contributed by atoms with E-state index in [-0.39, 0.29) is 12.0 Å². The average molecular weight is 394 g/mol. The van der Waals surface area contributed by atoms with Crippen LogP contribution >= 0.6 is 0 Å².